The molecule has 0 amide bonds. The van der Waals surface area contributed by atoms with Crippen LogP contribution in [-0.2, 0) is 13.0 Å². The maximum absolute atomic E-state index is 12.8. The Morgan fingerprint density at radius 1 is 1.35 bits per heavy atom. The Hall–Kier alpha value is -2.22. The minimum absolute atomic E-state index is 0.267. The van der Waals surface area contributed by atoms with Crippen LogP contribution in [0, 0.1) is 17.1 Å². The van der Waals surface area contributed by atoms with Gasteiger partial charge in [-0.2, -0.15) is 5.26 Å². The van der Waals surface area contributed by atoms with E-state index in [4.69, 9.17) is 5.26 Å². The number of aryl methyl sites for hydroxylation is 1. The molecule has 0 spiro atoms. The first kappa shape index (κ1) is 11.3. The lowest BCUT2D eigenvalue weighted by Crippen LogP contribution is -2.04. The van der Waals surface area contributed by atoms with Crippen LogP contribution >= 0.6 is 0 Å². The van der Waals surface area contributed by atoms with Crippen molar-refractivity contribution in [3.63, 3.8) is 0 Å². The van der Waals surface area contributed by atoms with Gasteiger partial charge in [-0.15, -0.1) is 5.10 Å². The first-order valence-electron chi connectivity index (χ1n) is 5.31. The fraction of sp³-hybridized carbons (Fsp3) is 0.250. The van der Waals surface area contributed by atoms with E-state index in [1.165, 1.54) is 12.1 Å². The SMILES string of the molecule is CCn1nnc(C#N)c1Cc1ccc(F)cc1. The molecule has 17 heavy (non-hydrogen) atoms. The summed E-state index contributed by atoms with van der Waals surface area (Å²) in [6.45, 7) is 2.59. The van der Waals surface area contributed by atoms with Gasteiger partial charge >= 0.3 is 0 Å². The average molecular weight is 230 g/mol. The van der Waals surface area contributed by atoms with Gasteiger partial charge < -0.3 is 0 Å². The Morgan fingerprint density at radius 3 is 2.65 bits per heavy atom. The highest BCUT2D eigenvalue weighted by Crippen LogP contribution is 2.12. The van der Waals surface area contributed by atoms with Crippen LogP contribution in [0.5, 0.6) is 0 Å². The number of rotatable bonds is 3. The second-order valence-electron chi connectivity index (χ2n) is 3.62. The minimum Gasteiger partial charge on any atom is -0.248 e. The molecule has 0 N–H and O–H groups in total. The molecule has 0 unspecified atom stereocenters. The molecule has 1 aromatic heterocycles. The Balaban J connectivity index is 2.32. The number of aromatic nitrogens is 3. The van der Waals surface area contributed by atoms with E-state index in [1.54, 1.807) is 16.8 Å². The predicted octanol–water partition coefficient (Wildman–Crippen LogP) is 1.90. The quantitative estimate of drug-likeness (QED) is 0.809. The van der Waals surface area contributed by atoms with Gasteiger partial charge in [0.25, 0.3) is 0 Å². The van der Waals surface area contributed by atoms with Crippen molar-refractivity contribution in [1.29, 1.82) is 5.26 Å². The van der Waals surface area contributed by atoms with Gasteiger partial charge in [0.05, 0.1) is 5.69 Å². The molecule has 0 aliphatic carbocycles. The zero-order valence-corrected chi connectivity index (χ0v) is 9.39. The summed E-state index contributed by atoms with van der Waals surface area (Å²) in [7, 11) is 0. The lowest BCUT2D eigenvalue weighted by atomic mass is 10.1. The normalized spacial score (nSPS) is 10.2. The summed E-state index contributed by atoms with van der Waals surface area (Å²) >= 11 is 0. The number of nitriles is 1. The Kier molecular flexibility index (Phi) is 3.15. The second kappa shape index (κ2) is 4.74. The molecule has 5 heteroatoms. The molecule has 0 aliphatic rings. The van der Waals surface area contributed by atoms with E-state index in [0.717, 1.165) is 11.3 Å². The van der Waals surface area contributed by atoms with Crippen molar-refractivity contribution in [2.45, 2.75) is 19.9 Å². The third-order valence-electron chi connectivity index (χ3n) is 2.53. The van der Waals surface area contributed by atoms with E-state index in [2.05, 4.69) is 10.3 Å². The van der Waals surface area contributed by atoms with E-state index >= 15 is 0 Å². The summed E-state index contributed by atoms with van der Waals surface area (Å²) in [6, 6.07) is 8.22. The van der Waals surface area contributed by atoms with Gasteiger partial charge in [0, 0.05) is 13.0 Å². The topological polar surface area (TPSA) is 54.5 Å². The maximum atomic E-state index is 12.8. The molecule has 1 aromatic carbocycles. The molecule has 1 heterocycles. The molecule has 0 aliphatic heterocycles. The van der Waals surface area contributed by atoms with Gasteiger partial charge in [-0.05, 0) is 24.6 Å². The molecule has 0 atom stereocenters. The molecule has 0 bridgehead atoms. The third kappa shape index (κ3) is 2.31. The van der Waals surface area contributed by atoms with E-state index < -0.39 is 0 Å². The number of benzene rings is 1. The lowest BCUT2D eigenvalue weighted by molar-refractivity contribution is 0.603. The van der Waals surface area contributed by atoms with E-state index in [0.29, 0.717) is 18.7 Å². The second-order valence-corrected chi connectivity index (χ2v) is 3.62. The Labute approximate surface area is 98.3 Å². The number of halogens is 1. The zero-order valence-electron chi connectivity index (χ0n) is 9.39. The highest BCUT2D eigenvalue weighted by molar-refractivity contribution is 5.30. The minimum atomic E-state index is -0.267. The molecule has 0 saturated carbocycles. The Bertz CT molecular complexity index is 551. The summed E-state index contributed by atoms with van der Waals surface area (Å²) in [5.74, 6) is -0.267. The van der Waals surface area contributed by atoms with Crippen molar-refractivity contribution in [2.75, 3.05) is 0 Å². The van der Waals surface area contributed by atoms with E-state index in [-0.39, 0.29) is 5.82 Å². The summed E-state index contributed by atoms with van der Waals surface area (Å²) in [4.78, 5) is 0. The van der Waals surface area contributed by atoms with Gasteiger partial charge in [0.1, 0.15) is 11.9 Å². The fourth-order valence-electron chi connectivity index (χ4n) is 1.64. The first-order chi connectivity index (χ1) is 8.24. The van der Waals surface area contributed by atoms with Crippen LogP contribution in [0.4, 0.5) is 4.39 Å². The van der Waals surface area contributed by atoms with Crippen molar-refractivity contribution < 1.29 is 4.39 Å². The summed E-state index contributed by atoms with van der Waals surface area (Å²) in [5.41, 5.74) is 2.03. The van der Waals surface area contributed by atoms with E-state index in [1.807, 2.05) is 13.0 Å². The van der Waals surface area contributed by atoms with Crippen molar-refractivity contribution in [2.24, 2.45) is 0 Å². The molecule has 2 aromatic rings. The largest absolute Gasteiger partial charge is 0.248 e. The van der Waals surface area contributed by atoms with Crippen LogP contribution in [0.3, 0.4) is 0 Å². The number of nitrogens with zero attached hydrogens (tertiary/aromatic N) is 4. The number of hydrogen-bond donors (Lipinski definition) is 0. The first-order valence-corrected chi connectivity index (χ1v) is 5.31. The summed E-state index contributed by atoms with van der Waals surface area (Å²) in [5, 5.41) is 16.6. The van der Waals surface area contributed by atoms with Crippen LogP contribution < -0.4 is 0 Å². The van der Waals surface area contributed by atoms with Crippen molar-refractivity contribution >= 4 is 0 Å². The number of hydrogen-bond acceptors (Lipinski definition) is 3. The van der Waals surface area contributed by atoms with Crippen molar-refractivity contribution in [3.05, 3.63) is 47.0 Å². The highest BCUT2D eigenvalue weighted by Gasteiger charge is 2.11. The Morgan fingerprint density at radius 2 is 2.06 bits per heavy atom. The van der Waals surface area contributed by atoms with Crippen LogP contribution in [0.1, 0.15) is 23.9 Å². The van der Waals surface area contributed by atoms with Crippen LogP contribution in [0.2, 0.25) is 0 Å². The van der Waals surface area contributed by atoms with Gasteiger partial charge in [-0.3, -0.25) is 0 Å². The third-order valence-corrected chi connectivity index (χ3v) is 2.53. The standard InChI is InChI=1S/C12H11FN4/c1-2-17-12(11(8-14)15-16-17)7-9-3-5-10(13)6-4-9/h3-6H,2,7H2,1H3. The van der Waals surface area contributed by atoms with Gasteiger partial charge in [-0.25, -0.2) is 9.07 Å². The van der Waals surface area contributed by atoms with Gasteiger partial charge in [0.15, 0.2) is 5.69 Å². The van der Waals surface area contributed by atoms with Gasteiger partial charge in [-0.1, -0.05) is 17.3 Å². The monoisotopic (exact) mass is 230 g/mol. The molecule has 86 valence electrons. The molecular weight excluding hydrogens is 219 g/mol. The van der Waals surface area contributed by atoms with E-state index in [9.17, 15) is 4.39 Å². The van der Waals surface area contributed by atoms with Crippen LogP contribution in [0.25, 0.3) is 0 Å². The molecule has 0 saturated heterocycles. The molecule has 4 nitrogen and oxygen atoms in total. The average Bonchev–Trinajstić information content (AvgIpc) is 2.74. The van der Waals surface area contributed by atoms with Crippen LogP contribution in [-0.4, -0.2) is 15.0 Å². The summed E-state index contributed by atoms with van der Waals surface area (Å²) in [6.07, 6.45) is 0.532. The zero-order chi connectivity index (χ0) is 12.3. The van der Waals surface area contributed by atoms with Crippen molar-refractivity contribution in [3.8, 4) is 6.07 Å². The van der Waals surface area contributed by atoms with Gasteiger partial charge in [0.2, 0.25) is 0 Å². The highest BCUT2D eigenvalue weighted by atomic mass is 19.1. The predicted molar refractivity (Wildman–Crippen MR) is 59.6 cm³/mol. The fourth-order valence-corrected chi connectivity index (χ4v) is 1.64. The molecule has 2 rings (SSSR count). The molecular formula is C12H11FN4. The molecule has 0 fully saturated rings. The van der Waals surface area contributed by atoms with Crippen molar-refractivity contribution in [1.82, 2.24) is 15.0 Å². The van der Waals surface area contributed by atoms with Crippen LogP contribution in [0.15, 0.2) is 24.3 Å². The lowest BCUT2D eigenvalue weighted by Gasteiger charge is -2.03. The maximum Gasteiger partial charge on any atom is 0.186 e. The summed E-state index contributed by atoms with van der Waals surface area (Å²) < 4.78 is 14.5. The smallest absolute Gasteiger partial charge is 0.186 e. The molecule has 0 radical (unpaired) electrons.